The highest BCUT2D eigenvalue weighted by Gasteiger charge is 2.05. The smallest absolute Gasteiger partial charge is 0.0276 e. The molecule has 1 aromatic carbocycles. The number of hydrogen-bond acceptors (Lipinski definition) is 0. The highest BCUT2D eigenvalue weighted by Crippen LogP contribution is 2.20. The summed E-state index contributed by atoms with van der Waals surface area (Å²) in [7, 11) is 0. The Morgan fingerprint density at radius 3 is 2.14 bits per heavy atom. The number of aryl methyl sites for hydroxylation is 3. The second-order valence-electron chi connectivity index (χ2n) is 4.22. The maximum atomic E-state index is 2.36. The molecule has 1 rings (SSSR count). The average molecular weight is 190 g/mol. The molecule has 1 aromatic rings. The van der Waals surface area contributed by atoms with Gasteiger partial charge >= 0.3 is 0 Å². The van der Waals surface area contributed by atoms with Gasteiger partial charge in [0.1, 0.15) is 0 Å². The maximum absolute atomic E-state index is 2.36. The Balaban J connectivity index is 3.07. The van der Waals surface area contributed by atoms with E-state index < -0.39 is 0 Å². The monoisotopic (exact) mass is 190 g/mol. The molecular weight excluding hydrogens is 168 g/mol. The fourth-order valence-electron chi connectivity index (χ4n) is 2.19. The van der Waals surface area contributed by atoms with E-state index in [9.17, 15) is 0 Å². The Bertz CT molecular complexity index is 297. The van der Waals surface area contributed by atoms with Crippen molar-refractivity contribution < 1.29 is 0 Å². The Morgan fingerprint density at radius 1 is 0.929 bits per heavy atom. The molecule has 0 aliphatic rings. The Labute approximate surface area is 88.4 Å². The van der Waals surface area contributed by atoms with Crippen LogP contribution in [0.4, 0.5) is 0 Å². The first-order valence-electron chi connectivity index (χ1n) is 5.78. The summed E-state index contributed by atoms with van der Waals surface area (Å²) in [5, 5.41) is 0. The lowest BCUT2D eigenvalue weighted by molar-refractivity contribution is 0.852. The largest absolute Gasteiger partial charge is 0.0651 e. The lowest BCUT2D eigenvalue weighted by Gasteiger charge is -2.12. The van der Waals surface area contributed by atoms with Crippen molar-refractivity contribution in [2.75, 3.05) is 0 Å². The first kappa shape index (κ1) is 11.3. The molecule has 0 saturated heterocycles. The molecule has 0 N–H and O–H groups in total. The van der Waals surface area contributed by atoms with Crippen LogP contribution in [-0.2, 0) is 12.8 Å². The second kappa shape index (κ2) is 5.19. The minimum Gasteiger partial charge on any atom is -0.0651 e. The molecular formula is C14H22. The normalized spacial score (nSPS) is 10.6. The minimum atomic E-state index is 1.23. The van der Waals surface area contributed by atoms with Gasteiger partial charge in [-0.15, -0.1) is 0 Å². The van der Waals surface area contributed by atoms with Crippen molar-refractivity contribution in [2.24, 2.45) is 0 Å². The van der Waals surface area contributed by atoms with E-state index in [4.69, 9.17) is 0 Å². The van der Waals surface area contributed by atoms with Crippen molar-refractivity contribution >= 4 is 0 Å². The lowest BCUT2D eigenvalue weighted by Crippen LogP contribution is -1.98. The molecule has 0 heterocycles. The van der Waals surface area contributed by atoms with Crippen LogP contribution < -0.4 is 0 Å². The van der Waals surface area contributed by atoms with Gasteiger partial charge in [0.05, 0.1) is 0 Å². The van der Waals surface area contributed by atoms with Crippen molar-refractivity contribution in [3.63, 3.8) is 0 Å². The lowest BCUT2D eigenvalue weighted by atomic mass is 9.93. The van der Waals surface area contributed by atoms with Gasteiger partial charge < -0.3 is 0 Å². The van der Waals surface area contributed by atoms with Crippen LogP contribution in [0.3, 0.4) is 0 Å². The molecule has 0 bridgehead atoms. The zero-order valence-electron chi connectivity index (χ0n) is 9.98. The maximum Gasteiger partial charge on any atom is -0.0276 e. The van der Waals surface area contributed by atoms with Gasteiger partial charge in [-0.05, 0) is 43.4 Å². The molecule has 0 saturated carbocycles. The van der Waals surface area contributed by atoms with Crippen LogP contribution in [0.2, 0.25) is 0 Å². The van der Waals surface area contributed by atoms with Crippen LogP contribution in [-0.4, -0.2) is 0 Å². The topological polar surface area (TPSA) is 0 Å². The molecule has 0 atom stereocenters. The quantitative estimate of drug-likeness (QED) is 0.667. The van der Waals surface area contributed by atoms with Gasteiger partial charge in [-0.1, -0.05) is 44.4 Å². The van der Waals surface area contributed by atoms with E-state index in [1.54, 1.807) is 11.1 Å². The van der Waals surface area contributed by atoms with Crippen molar-refractivity contribution in [3.8, 4) is 0 Å². The molecule has 0 fully saturated rings. The van der Waals surface area contributed by atoms with E-state index >= 15 is 0 Å². The summed E-state index contributed by atoms with van der Waals surface area (Å²) in [5.74, 6) is 0. The van der Waals surface area contributed by atoms with Gasteiger partial charge in [-0.3, -0.25) is 0 Å². The third-order valence-corrected chi connectivity index (χ3v) is 2.73. The molecule has 0 aliphatic carbocycles. The Kier molecular flexibility index (Phi) is 4.19. The van der Waals surface area contributed by atoms with Crippen molar-refractivity contribution in [1.29, 1.82) is 0 Å². The molecule has 0 unspecified atom stereocenters. The number of benzene rings is 1. The summed E-state index contributed by atoms with van der Waals surface area (Å²) in [6, 6.07) is 4.67. The molecule has 0 aromatic heterocycles. The summed E-state index contributed by atoms with van der Waals surface area (Å²) in [6.45, 7) is 8.96. The number of hydrogen-bond donors (Lipinski definition) is 0. The molecule has 0 amide bonds. The van der Waals surface area contributed by atoms with Crippen LogP contribution in [0.25, 0.3) is 0 Å². The van der Waals surface area contributed by atoms with Gasteiger partial charge in [-0.25, -0.2) is 0 Å². The van der Waals surface area contributed by atoms with E-state index in [2.05, 4.69) is 39.8 Å². The van der Waals surface area contributed by atoms with E-state index in [1.807, 2.05) is 0 Å². The summed E-state index contributed by atoms with van der Waals surface area (Å²) in [6.07, 6.45) is 4.97. The third-order valence-electron chi connectivity index (χ3n) is 2.73. The van der Waals surface area contributed by atoms with Crippen molar-refractivity contribution in [2.45, 2.75) is 53.4 Å². The van der Waals surface area contributed by atoms with E-state index in [1.165, 1.54) is 36.8 Å². The predicted octanol–water partition coefficient (Wildman–Crippen LogP) is 4.21. The molecule has 0 nitrogen and oxygen atoms in total. The third kappa shape index (κ3) is 2.60. The summed E-state index contributed by atoms with van der Waals surface area (Å²) in [5.41, 5.74) is 6.06. The molecule has 0 aliphatic heterocycles. The second-order valence-corrected chi connectivity index (χ2v) is 4.22. The minimum absolute atomic E-state index is 1.23. The summed E-state index contributed by atoms with van der Waals surface area (Å²) < 4.78 is 0. The summed E-state index contributed by atoms with van der Waals surface area (Å²) in [4.78, 5) is 0. The Morgan fingerprint density at radius 2 is 1.57 bits per heavy atom. The molecule has 78 valence electrons. The van der Waals surface area contributed by atoms with Crippen molar-refractivity contribution in [1.82, 2.24) is 0 Å². The fourth-order valence-corrected chi connectivity index (χ4v) is 2.19. The summed E-state index contributed by atoms with van der Waals surface area (Å²) >= 11 is 0. The van der Waals surface area contributed by atoms with Crippen LogP contribution in [0.5, 0.6) is 0 Å². The first-order valence-corrected chi connectivity index (χ1v) is 5.78. The molecule has 0 radical (unpaired) electrons. The SMILES string of the molecule is CCCc1cc(C)cc(C)c1CCC. The molecule has 14 heavy (non-hydrogen) atoms. The van der Waals surface area contributed by atoms with Gasteiger partial charge in [0.15, 0.2) is 0 Å². The average Bonchev–Trinajstić information content (AvgIpc) is 2.11. The van der Waals surface area contributed by atoms with Gasteiger partial charge in [-0.2, -0.15) is 0 Å². The zero-order chi connectivity index (χ0) is 10.6. The molecule has 0 spiro atoms. The highest BCUT2D eigenvalue weighted by atomic mass is 14.1. The predicted molar refractivity (Wildman–Crippen MR) is 63.9 cm³/mol. The fraction of sp³-hybridized carbons (Fsp3) is 0.571. The van der Waals surface area contributed by atoms with E-state index in [0.717, 1.165) is 0 Å². The number of rotatable bonds is 4. The molecule has 0 heteroatoms. The first-order chi connectivity index (χ1) is 6.69. The van der Waals surface area contributed by atoms with Gasteiger partial charge in [0, 0.05) is 0 Å². The standard InChI is InChI=1S/C14H22/c1-5-7-13-10-11(3)9-12(4)14(13)8-6-2/h9-10H,5-8H2,1-4H3. The zero-order valence-corrected chi connectivity index (χ0v) is 9.98. The van der Waals surface area contributed by atoms with Crippen molar-refractivity contribution in [3.05, 3.63) is 34.4 Å². The van der Waals surface area contributed by atoms with Gasteiger partial charge in [0.2, 0.25) is 0 Å². The van der Waals surface area contributed by atoms with Gasteiger partial charge in [0.25, 0.3) is 0 Å². The van der Waals surface area contributed by atoms with Crippen LogP contribution in [0, 0.1) is 13.8 Å². The van der Waals surface area contributed by atoms with E-state index in [-0.39, 0.29) is 0 Å². The van der Waals surface area contributed by atoms with Crippen LogP contribution >= 0.6 is 0 Å². The van der Waals surface area contributed by atoms with E-state index in [0.29, 0.717) is 0 Å². The van der Waals surface area contributed by atoms with Crippen LogP contribution in [0.1, 0.15) is 48.9 Å². The Hall–Kier alpha value is -0.780. The highest BCUT2D eigenvalue weighted by molar-refractivity contribution is 5.38. The van der Waals surface area contributed by atoms with Crippen LogP contribution in [0.15, 0.2) is 12.1 Å².